The van der Waals surface area contributed by atoms with Crippen LogP contribution >= 0.6 is 12.2 Å². The Kier molecular flexibility index (Phi) is 6.79. The molecule has 1 aromatic heterocycles. The summed E-state index contributed by atoms with van der Waals surface area (Å²) in [6.45, 7) is 1.98. The zero-order valence-corrected chi connectivity index (χ0v) is 16.1. The van der Waals surface area contributed by atoms with Crippen LogP contribution in [0, 0.1) is 0 Å². The fourth-order valence-electron chi connectivity index (χ4n) is 4.17. The highest BCUT2D eigenvalue weighted by molar-refractivity contribution is 7.80. The smallest absolute Gasteiger partial charge is 0.190 e. The lowest BCUT2D eigenvalue weighted by Gasteiger charge is -2.42. The quantitative estimate of drug-likeness (QED) is 0.483. The zero-order valence-electron chi connectivity index (χ0n) is 15.3. The van der Waals surface area contributed by atoms with Gasteiger partial charge in [-0.2, -0.15) is 5.10 Å². The molecule has 2 aliphatic rings. The SMILES string of the molecule is C/C(=N\NC(=S)N(C1CCCCC1)C1CCCCC1)c1ccccn1. The predicted octanol–water partition coefficient (Wildman–Crippen LogP) is 4.65. The van der Waals surface area contributed by atoms with Gasteiger partial charge in [0.1, 0.15) is 0 Å². The first-order valence-electron chi connectivity index (χ1n) is 9.79. The van der Waals surface area contributed by atoms with Crippen LogP contribution in [0.3, 0.4) is 0 Å². The molecule has 136 valence electrons. The van der Waals surface area contributed by atoms with Gasteiger partial charge in [-0.05, 0) is 57.0 Å². The Balaban J connectivity index is 1.69. The van der Waals surface area contributed by atoms with E-state index >= 15 is 0 Å². The van der Waals surface area contributed by atoms with Gasteiger partial charge in [0.2, 0.25) is 0 Å². The molecule has 0 radical (unpaired) electrons. The van der Waals surface area contributed by atoms with Crippen LogP contribution in [0.25, 0.3) is 0 Å². The summed E-state index contributed by atoms with van der Waals surface area (Å²) in [4.78, 5) is 6.86. The molecule has 0 aliphatic heterocycles. The summed E-state index contributed by atoms with van der Waals surface area (Å²) in [7, 11) is 0. The second-order valence-electron chi connectivity index (χ2n) is 7.32. The zero-order chi connectivity index (χ0) is 17.5. The van der Waals surface area contributed by atoms with Crippen molar-refractivity contribution in [3.8, 4) is 0 Å². The fraction of sp³-hybridized carbons (Fsp3) is 0.650. The summed E-state index contributed by atoms with van der Waals surface area (Å²) < 4.78 is 0. The summed E-state index contributed by atoms with van der Waals surface area (Å²) >= 11 is 5.79. The number of rotatable bonds is 4. The fourth-order valence-corrected chi connectivity index (χ4v) is 4.52. The largest absolute Gasteiger partial charge is 0.342 e. The summed E-state index contributed by atoms with van der Waals surface area (Å²) in [6.07, 6.45) is 14.9. The molecule has 0 aromatic carbocycles. The van der Waals surface area contributed by atoms with E-state index in [1.54, 1.807) is 6.20 Å². The van der Waals surface area contributed by atoms with E-state index in [4.69, 9.17) is 12.2 Å². The molecule has 2 fully saturated rings. The van der Waals surface area contributed by atoms with Crippen LogP contribution in [0.2, 0.25) is 0 Å². The number of hydrazone groups is 1. The van der Waals surface area contributed by atoms with E-state index in [1.807, 2.05) is 25.1 Å². The number of nitrogens with one attached hydrogen (secondary N) is 1. The van der Waals surface area contributed by atoms with E-state index in [0.29, 0.717) is 12.1 Å². The van der Waals surface area contributed by atoms with Crippen molar-refractivity contribution in [1.29, 1.82) is 0 Å². The lowest BCUT2D eigenvalue weighted by molar-refractivity contribution is 0.156. The van der Waals surface area contributed by atoms with Crippen molar-refractivity contribution in [2.75, 3.05) is 0 Å². The van der Waals surface area contributed by atoms with E-state index in [1.165, 1.54) is 64.2 Å². The number of hydrogen-bond donors (Lipinski definition) is 1. The summed E-state index contributed by atoms with van der Waals surface area (Å²) in [5, 5.41) is 5.33. The van der Waals surface area contributed by atoms with Crippen molar-refractivity contribution in [3.63, 3.8) is 0 Å². The van der Waals surface area contributed by atoms with Crippen molar-refractivity contribution in [2.45, 2.75) is 83.2 Å². The van der Waals surface area contributed by atoms with Crippen molar-refractivity contribution in [2.24, 2.45) is 5.10 Å². The molecule has 1 heterocycles. The molecular formula is C20H30N4S. The van der Waals surface area contributed by atoms with Crippen LogP contribution in [0.15, 0.2) is 29.5 Å². The molecule has 0 spiro atoms. The molecule has 4 nitrogen and oxygen atoms in total. The molecule has 0 bridgehead atoms. The van der Waals surface area contributed by atoms with Gasteiger partial charge in [-0.3, -0.25) is 10.4 Å². The molecule has 1 aromatic rings. The van der Waals surface area contributed by atoms with Gasteiger partial charge < -0.3 is 4.90 Å². The molecule has 1 N–H and O–H groups in total. The monoisotopic (exact) mass is 358 g/mol. The molecule has 3 rings (SSSR count). The number of pyridine rings is 1. The Morgan fingerprint density at radius 3 is 2.16 bits per heavy atom. The van der Waals surface area contributed by atoms with Crippen LogP contribution < -0.4 is 5.43 Å². The average molecular weight is 359 g/mol. The first-order valence-corrected chi connectivity index (χ1v) is 10.2. The normalized spacial score (nSPS) is 20.3. The molecule has 0 amide bonds. The van der Waals surface area contributed by atoms with E-state index in [9.17, 15) is 0 Å². The summed E-state index contributed by atoms with van der Waals surface area (Å²) in [5.74, 6) is 0. The lowest BCUT2D eigenvalue weighted by atomic mass is 9.89. The van der Waals surface area contributed by atoms with E-state index in [0.717, 1.165) is 16.5 Å². The highest BCUT2D eigenvalue weighted by atomic mass is 32.1. The van der Waals surface area contributed by atoms with Gasteiger partial charge in [-0.15, -0.1) is 0 Å². The molecule has 2 saturated carbocycles. The van der Waals surface area contributed by atoms with Gasteiger partial charge in [0.05, 0.1) is 11.4 Å². The third-order valence-electron chi connectivity index (χ3n) is 5.53. The molecule has 0 unspecified atom stereocenters. The van der Waals surface area contributed by atoms with Gasteiger partial charge in [0.25, 0.3) is 0 Å². The lowest BCUT2D eigenvalue weighted by Crippen LogP contribution is -2.51. The van der Waals surface area contributed by atoms with Crippen LogP contribution in [0.5, 0.6) is 0 Å². The van der Waals surface area contributed by atoms with E-state index in [2.05, 4.69) is 20.4 Å². The topological polar surface area (TPSA) is 40.5 Å². The minimum Gasteiger partial charge on any atom is -0.342 e. The van der Waals surface area contributed by atoms with Gasteiger partial charge >= 0.3 is 0 Å². The molecule has 25 heavy (non-hydrogen) atoms. The average Bonchev–Trinajstić information content (AvgIpc) is 2.69. The second-order valence-corrected chi connectivity index (χ2v) is 7.71. The minimum absolute atomic E-state index is 0.585. The Bertz CT molecular complexity index is 557. The van der Waals surface area contributed by atoms with Crippen LogP contribution in [0.1, 0.15) is 76.8 Å². The van der Waals surface area contributed by atoms with Gasteiger partial charge in [0, 0.05) is 18.3 Å². The van der Waals surface area contributed by atoms with E-state index < -0.39 is 0 Å². The molecule has 5 heteroatoms. The highest BCUT2D eigenvalue weighted by Gasteiger charge is 2.30. The maximum Gasteiger partial charge on any atom is 0.190 e. The van der Waals surface area contributed by atoms with Crippen molar-refractivity contribution < 1.29 is 0 Å². The van der Waals surface area contributed by atoms with Gasteiger partial charge in [-0.1, -0.05) is 44.6 Å². The van der Waals surface area contributed by atoms with Crippen LogP contribution in [-0.4, -0.2) is 32.8 Å². The Hall–Kier alpha value is -1.49. The van der Waals surface area contributed by atoms with Gasteiger partial charge in [-0.25, -0.2) is 0 Å². The Morgan fingerprint density at radius 2 is 1.64 bits per heavy atom. The molecule has 0 atom stereocenters. The molecular weight excluding hydrogens is 328 g/mol. The molecule has 0 saturated heterocycles. The maximum atomic E-state index is 5.79. The minimum atomic E-state index is 0.585. The number of nitrogens with zero attached hydrogens (tertiary/aromatic N) is 3. The van der Waals surface area contributed by atoms with Crippen LogP contribution in [0.4, 0.5) is 0 Å². The molecule has 2 aliphatic carbocycles. The Labute approximate surface area is 157 Å². The van der Waals surface area contributed by atoms with Gasteiger partial charge in [0.15, 0.2) is 5.11 Å². The first kappa shape index (κ1) is 18.3. The third-order valence-corrected chi connectivity index (χ3v) is 5.83. The number of hydrogen-bond acceptors (Lipinski definition) is 3. The van der Waals surface area contributed by atoms with Crippen molar-refractivity contribution in [3.05, 3.63) is 30.1 Å². The first-order chi connectivity index (χ1) is 12.3. The summed E-state index contributed by atoms with van der Waals surface area (Å²) in [6, 6.07) is 7.05. The van der Waals surface area contributed by atoms with Crippen LogP contribution in [-0.2, 0) is 0 Å². The predicted molar refractivity (Wildman–Crippen MR) is 108 cm³/mol. The van der Waals surface area contributed by atoms with E-state index in [-0.39, 0.29) is 0 Å². The second kappa shape index (κ2) is 9.27. The number of aromatic nitrogens is 1. The highest BCUT2D eigenvalue weighted by Crippen LogP contribution is 2.30. The summed E-state index contributed by atoms with van der Waals surface area (Å²) in [5.41, 5.74) is 4.94. The maximum absolute atomic E-state index is 5.79. The number of thiocarbonyl (C=S) groups is 1. The standard InChI is InChI=1S/C20H30N4S/c1-16(19-14-8-9-15-21-19)22-23-20(25)24(17-10-4-2-5-11-17)18-12-6-3-7-13-18/h8-9,14-15,17-18H,2-7,10-13H2,1H3,(H,23,25)/b22-16+. The van der Waals surface area contributed by atoms with Crippen molar-refractivity contribution in [1.82, 2.24) is 15.3 Å². The van der Waals surface area contributed by atoms with Crippen molar-refractivity contribution >= 4 is 23.0 Å². The Morgan fingerprint density at radius 1 is 1.04 bits per heavy atom. The third kappa shape index (κ3) is 5.00.